The highest BCUT2D eigenvalue weighted by Crippen LogP contribution is 2.30. The van der Waals surface area contributed by atoms with Gasteiger partial charge in [0, 0.05) is 29.4 Å². The normalized spacial score (nSPS) is 20.3. The van der Waals surface area contributed by atoms with Crippen LogP contribution in [0.3, 0.4) is 0 Å². The molecule has 6 heteroatoms. The van der Waals surface area contributed by atoms with E-state index in [1.807, 2.05) is 36.6 Å². The molecule has 4 nitrogen and oxygen atoms in total. The molecule has 1 aromatic heterocycles. The second-order valence-corrected chi connectivity index (χ2v) is 8.65. The third-order valence-corrected chi connectivity index (χ3v) is 6.03. The lowest BCUT2D eigenvalue weighted by molar-refractivity contribution is -0.123. The molecule has 2 N–H and O–H groups in total. The SMILES string of the molecule is C[C@@H](Cc1ccsc1)NC(=O)CC[C@@]1(Cc2ccc(Cl)cc2)CCC(=O)N1. The number of halogens is 1. The predicted octanol–water partition coefficient (Wildman–Crippen LogP) is 4.12. The van der Waals surface area contributed by atoms with E-state index in [0.29, 0.717) is 30.7 Å². The molecule has 144 valence electrons. The highest BCUT2D eigenvalue weighted by atomic mass is 35.5. The third-order valence-electron chi connectivity index (χ3n) is 5.05. The first-order valence-electron chi connectivity index (χ1n) is 9.30. The van der Waals surface area contributed by atoms with Gasteiger partial charge in [0.25, 0.3) is 0 Å². The molecule has 2 aromatic rings. The first-order valence-corrected chi connectivity index (χ1v) is 10.6. The zero-order valence-electron chi connectivity index (χ0n) is 15.5. The highest BCUT2D eigenvalue weighted by Gasteiger charge is 2.37. The van der Waals surface area contributed by atoms with Gasteiger partial charge in [0.05, 0.1) is 0 Å². The number of thiophene rings is 1. The van der Waals surface area contributed by atoms with Crippen LogP contribution in [-0.2, 0) is 22.4 Å². The first-order chi connectivity index (χ1) is 12.9. The molecular formula is C21H25ClN2O2S. The van der Waals surface area contributed by atoms with Crippen molar-refractivity contribution in [3.63, 3.8) is 0 Å². The Labute approximate surface area is 169 Å². The molecular weight excluding hydrogens is 380 g/mol. The van der Waals surface area contributed by atoms with E-state index in [9.17, 15) is 9.59 Å². The van der Waals surface area contributed by atoms with E-state index in [4.69, 9.17) is 11.6 Å². The lowest BCUT2D eigenvalue weighted by atomic mass is 9.85. The molecule has 2 heterocycles. The van der Waals surface area contributed by atoms with Crippen LogP contribution in [0.4, 0.5) is 0 Å². The number of nitrogens with one attached hydrogen (secondary N) is 2. The summed E-state index contributed by atoms with van der Waals surface area (Å²) in [6.07, 6.45) is 3.87. The van der Waals surface area contributed by atoms with Gasteiger partial charge in [-0.25, -0.2) is 0 Å². The van der Waals surface area contributed by atoms with Crippen LogP contribution in [0, 0.1) is 0 Å². The molecule has 0 radical (unpaired) electrons. The molecule has 27 heavy (non-hydrogen) atoms. The van der Waals surface area contributed by atoms with Crippen LogP contribution in [0.2, 0.25) is 5.02 Å². The highest BCUT2D eigenvalue weighted by molar-refractivity contribution is 7.07. The van der Waals surface area contributed by atoms with E-state index in [1.165, 1.54) is 5.56 Å². The van der Waals surface area contributed by atoms with Crippen molar-refractivity contribution < 1.29 is 9.59 Å². The van der Waals surface area contributed by atoms with Gasteiger partial charge in [0.15, 0.2) is 0 Å². The van der Waals surface area contributed by atoms with Crippen LogP contribution >= 0.6 is 22.9 Å². The van der Waals surface area contributed by atoms with Crippen LogP contribution < -0.4 is 10.6 Å². The number of carbonyl (C=O) groups excluding carboxylic acids is 2. The van der Waals surface area contributed by atoms with Crippen LogP contribution in [0.5, 0.6) is 0 Å². The molecule has 0 unspecified atom stereocenters. The van der Waals surface area contributed by atoms with Crippen molar-refractivity contribution in [2.75, 3.05) is 0 Å². The second-order valence-electron chi connectivity index (χ2n) is 7.44. The van der Waals surface area contributed by atoms with E-state index in [-0.39, 0.29) is 23.4 Å². The van der Waals surface area contributed by atoms with Gasteiger partial charge in [0.2, 0.25) is 11.8 Å². The number of amides is 2. The van der Waals surface area contributed by atoms with Crippen LogP contribution in [0.25, 0.3) is 0 Å². The molecule has 2 atom stereocenters. The van der Waals surface area contributed by atoms with Crippen LogP contribution in [0.1, 0.15) is 43.7 Å². The van der Waals surface area contributed by atoms with Crippen molar-refractivity contribution >= 4 is 34.8 Å². The fraction of sp³-hybridized carbons (Fsp3) is 0.429. The van der Waals surface area contributed by atoms with Crippen molar-refractivity contribution in [1.82, 2.24) is 10.6 Å². The number of hydrogen-bond acceptors (Lipinski definition) is 3. The lowest BCUT2D eigenvalue weighted by Gasteiger charge is -2.29. The van der Waals surface area contributed by atoms with Gasteiger partial charge >= 0.3 is 0 Å². The Morgan fingerprint density at radius 2 is 2.07 bits per heavy atom. The summed E-state index contributed by atoms with van der Waals surface area (Å²) in [5.74, 6) is 0.101. The summed E-state index contributed by atoms with van der Waals surface area (Å²) in [5, 5.41) is 11.1. The van der Waals surface area contributed by atoms with Gasteiger partial charge in [-0.05, 0) is 72.7 Å². The van der Waals surface area contributed by atoms with Crippen molar-refractivity contribution in [2.24, 2.45) is 0 Å². The van der Waals surface area contributed by atoms with Gasteiger partial charge in [-0.3, -0.25) is 9.59 Å². The number of rotatable bonds is 8. The summed E-state index contributed by atoms with van der Waals surface area (Å²) in [7, 11) is 0. The Kier molecular flexibility index (Phi) is 6.55. The maximum atomic E-state index is 12.4. The molecule has 1 fully saturated rings. The molecule has 0 saturated carbocycles. The average molecular weight is 405 g/mol. The summed E-state index contributed by atoms with van der Waals surface area (Å²) in [6.45, 7) is 2.02. The van der Waals surface area contributed by atoms with Crippen molar-refractivity contribution in [3.8, 4) is 0 Å². The fourth-order valence-electron chi connectivity index (χ4n) is 3.69. The molecule has 1 aliphatic rings. The number of carbonyl (C=O) groups is 2. The Hall–Kier alpha value is -1.85. The zero-order valence-corrected chi connectivity index (χ0v) is 17.0. The minimum absolute atomic E-state index is 0.0364. The Balaban J connectivity index is 1.55. The van der Waals surface area contributed by atoms with E-state index >= 15 is 0 Å². The molecule has 0 spiro atoms. The molecule has 0 bridgehead atoms. The molecule has 2 amide bonds. The second kappa shape index (κ2) is 8.89. The predicted molar refractivity (Wildman–Crippen MR) is 110 cm³/mol. The van der Waals surface area contributed by atoms with Gasteiger partial charge in [-0.15, -0.1) is 0 Å². The zero-order chi connectivity index (χ0) is 19.3. The van der Waals surface area contributed by atoms with Crippen molar-refractivity contribution in [1.29, 1.82) is 0 Å². The van der Waals surface area contributed by atoms with Gasteiger partial charge in [-0.1, -0.05) is 23.7 Å². The third kappa shape index (κ3) is 5.81. The number of hydrogen-bond donors (Lipinski definition) is 2. The molecule has 3 rings (SSSR count). The van der Waals surface area contributed by atoms with Crippen LogP contribution in [-0.4, -0.2) is 23.4 Å². The Morgan fingerprint density at radius 3 is 2.70 bits per heavy atom. The van der Waals surface area contributed by atoms with Crippen LogP contribution in [0.15, 0.2) is 41.1 Å². The Morgan fingerprint density at radius 1 is 1.30 bits per heavy atom. The summed E-state index contributed by atoms with van der Waals surface area (Å²) < 4.78 is 0. The summed E-state index contributed by atoms with van der Waals surface area (Å²) in [5.41, 5.74) is 2.02. The quantitative estimate of drug-likeness (QED) is 0.695. The summed E-state index contributed by atoms with van der Waals surface area (Å²) >= 11 is 7.63. The van der Waals surface area contributed by atoms with Gasteiger partial charge in [-0.2, -0.15) is 11.3 Å². The monoisotopic (exact) mass is 404 g/mol. The summed E-state index contributed by atoms with van der Waals surface area (Å²) in [4.78, 5) is 24.3. The summed E-state index contributed by atoms with van der Waals surface area (Å²) in [6, 6.07) is 9.87. The minimum atomic E-state index is -0.348. The standard InChI is InChI=1S/C21H25ClN2O2S/c1-15(12-17-8-11-27-14-17)23-19(25)6-9-21(10-7-20(26)24-21)13-16-2-4-18(22)5-3-16/h2-5,8,11,14-15H,6-7,9-10,12-13H2,1H3,(H,23,25)(H,24,26)/t15-,21-/m0/s1. The van der Waals surface area contributed by atoms with Crippen molar-refractivity contribution in [2.45, 2.75) is 57.0 Å². The fourth-order valence-corrected chi connectivity index (χ4v) is 4.50. The number of benzene rings is 1. The van der Waals surface area contributed by atoms with E-state index in [1.54, 1.807) is 11.3 Å². The van der Waals surface area contributed by atoms with E-state index in [2.05, 4.69) is 22.1 Å². The van der Waals surface area contributed by atoms with Crippen molar-refractivity contribution in [3.05, 3.63) is 57.2 Å². The largest absolute Gasteiger partial charge is 0.353 e. The Bertz CT molecular complexity index is 776. The topological polar surface area (TPSA) is 58.2 Å². The minimum Gasteiger partial charge on any atom is -0.353 e. The van der Waals surface area contributed by atoms with Gasteiger partial charge < -0.3 is 10.6 Å². The molecule has 0 aliphatic carbocycles. The average Bonchev–Trinajstić information content (AvgIpc) is 3.25. The maximum absolute atomic E-state index is 12.4. The first kappa shape index (κ1) is 19.9. The van der Waals surface area contributed by atoms with E-state index in [0.717, 1.165) is 18.4 Å². The maximum Gasteiger partial charge on any atom is 0.220 e. The molecule has 1 aliphatic heterocycles. The van der Waals surface area contributed by atoms with E-state index < -0.39 is 0 Å². The smallest absolute Gasteiger partial charge is 0.220 e. The van der Waals surface area contributed by atoms with Gasteiger partial charge in [0.1, 0.15) is 0 Å². The lowest BCUT2D eigenvalue weighted by Crippen LogP contribution is -2.45. The molecule has 1 saturated heterocycles. The molecule has 1 aromatic carbocycles.